The number of halogens is 1. The third-order valence-electron chi connectivity index (χ3n) is 2.57. The van der Waals surface area contributed by atoms with Crippen molar-refractivity contribution < 1.29 is 9.90 Å². The van der Waals surface area contributed by atoms with Crippen molar-refractivity contribution in [2.45, 2.75) is 26.3 Å². The summed E-state index contributed by atoms with van der Waals surface area (Å²) in [5.41, 5.74) is 0. The van der Waals surface area contributed by atoms with E-state index in [0.717, 1.165) is 22.4 Å². The fraction of sp³-hybridized carbons (Fsp3) is 0.545. The Bertz CT molecular complexity index is 350. The first kappa shape index (κ1) is 13.7. The van der Waals surface area contributed by atoms with Gasteiger partial charge in [-0.25, -0.2) is 0 Å². The second kappa shape index (κ2) is 6.37. The first-order chi connectivity index (χ1) is 7.60. The van der Waals surface area contributed by atoms with Gasteiger partial charge < -0.3 is 5.11 Å². The monoisotopic (exact) mass is 305 g/mol. The maximum absolute atomic E-state index is 10.9. The molecule has 0 fully saturated rings. The number of carboxylic acids is 1. The molecule has 1 aromatic heterocycles. The molecule has 0 aliphatic rings. The average molecular weight is 306 g/mol. The third kappa shape index (κ3) is 3.30. The number of hydrogen-bond acceptors (Lipinski definition) is 3. The molecule has 0 aliphatic carbocycles. The van der Waals surface area contributed by atoms with Gasteiger partial charge in [0, 0.05) is 9.35 Å². The summed E-state index contributed by atoms with van der Waals surface area (Å²) in [6.07, 6.45) is 0.154. The summed E-state index contributed by atoms with van der Waals surface area (Å²) < 4.78 is 1.01. The van der Waals surface area contributed by atoms with E-state index in [1.807, 2.05) is 11.4 Å². The molecule has 1 rings (SSSR count). The van der Waals surface area contributed by atoms with Crippen LogP contribution in [0.25, 0.3) is 0 Å². The highest BCUT2D eigenvalue weighted by Crippen LogP contribution is 2.34. The smallest absolute Gasteiger partial charge is 0.305 e. The first-order valence-corrected chi connectivity index (χ1v) is 6.96. The van der Waals surface area contributed by atoms with Crippen LogP contribution in [0.3, 0.4) is 0 Å². The van der Waals surface area contributed by atoms with E-state index >= 15 is 0 Å². The molecule has 1 unspecified atom stereocenters. The summed E-state index contributed by atoms with van der Waals surface area (Å²) in [5.74, 6) is -0.753. The van der Waals surface area contributed by atoms with Crippen LogP contribution in [0.2, 0.25) is 0 Å². The van der Waals surface area contributed by atoms with Gasteiger partial charge in [0.2, 0.25) is 0 Å². The Morgan fingerprint density at radius 1 is 1.56 bits per heavy atom. The van der Waals surface area contributed by atoms with Crippen molar-refractivity contribution >= 4 is 33.2 Å². The summed E-state index contributed by atoms with van der Waals surface area (Å²) in [5, 5.41) is 11.0. The van der Waals surface area contributed by atoms with Crippen molar-refractivity contribution in [3.8, 4) is 0 Å². The lowest BCUT2D eigenvalue weighted by Gasteiger charge is -2.28. The Hall–Kier alpha value is -0.390. The number of carboxylic acid groups (broad SMARTS) is 1. The average Bonchev–Trinajstić information content (AvgIpc) is 2.64. The van der Waals surface area contributed by atoms with Crippen molar-refractivity contribution in [1.29, 1.82) is 0 Å². The van der Waals surface area contributed by atoms with Crippen LogP contribution in [-0.4, -0.2) is 29.1 Å². The molecule has 3 nitrogen and oxygen atoms in total. The van der Waals surface area contributed by atoms with Gasteiger partial charge in [0.05, 0.1) is 12.5 Å². The van der Waals surface area contributed by atoms with Crippen molar-refractivity contribution in [3.05, 3.63) is 20.8 Å². The second-order valence-electron chi connectivity index (χ2n) is 3.47. The zero-order valence-electron chi connectivity index (χ0n) is 9.44. The maximum atomic E-state index is 10.9. The molecule has 0 saturated heterocycles. The standard InChI is InChI=1S/C11H16BrNO2S/c1-3-13(4-2)9(7-10(14)15)11-8(12)5-6-16-11/h5-6,9H,3-4,7H2,1-2H3,(H,14,15). The largest absolute Gasteiger partial charge is 0.481 e. The van der Waals surface area contributed by atoms with Gasteiger partial charge in [-0.3, -0.25) is 9.69 Å². The summed E-state index contributed by atoms with van der Waals surface area (Å²) >= 11 is 5.08. The van der Waals surface area contributed by atoms with Gasteiger partial charge in [-0.1, -0.05) is 13.8 Å². The molecule has 1 aromatic rings. The van der Waals surface area contributed by atoms with E-state index in [9.17, 15) is 4.79 Å². The van der Waals surface area contributed by atoms with Crippen LogP contribution >= 0.6 is 27.3 Å². The van der Waals surface area contributed by atoms with E-state index in [2.05, 4.69) is 34.7 Å². The highest BCUT2D eigenvalue weighted by atomic mass is 79.9. The van der Waals surface area contributed by atoms with Gasteiger partial charge in [0.1, 0.15) is 0 Å². The molecule has 1 atom stereocenters. The molecule has 0 aromatic carbocycles. The molecular weight excluding hydrogens is 290 g/mol. The SMILES string of the molecule is CCN(CC)C(CC(=O)O)c1sccc1Br. The van der Waals surface area contributed by atoms with Crippen LogP contribution in [-0.2, 0) is 4.79 Å². The number of hydrogen-bond donors (Lipinski definition) is 1. The van der Waals surface area contributed by atoms with Crippen molar-refractivity contribution in [2.75, 3.05) is 13.1 Å². The van der Waals surface area contributed by atoms with Crippen LogP contribution in [0.15, 0.2) is 15.9 Å². The Morgan fingerprint density at radius 2 is 2.19 bits per heavy atom. The van der Waals surface area contributed by atoms with E-state index < -0.39 is 5.97 Å². The Kier molecular flexibility index (Phi) is 5.44. The summed E-state index contributed by atoms with van der Waals surface area (Å²) in [7, 11) is 0. The number of nitrogens with zero attached hydrogens (tertiary/aromatic N) is 1. The predicted octanol–water partition coefficient (Wildman–Crippen LogP) is 3.37. The highest BCUT2D eigenvalue weighted by Gasteiger charge is 2.23. The van der Waals surface area contributed by atoms with Gasteiger partial charge in [0.15, 0.2) is 0 Å². The molecule has 0 spiro atoms. The van der Waals surface area contributed by atoms with E-state index in [1.54, 1.807) is 11.3 Å². The quantitative estimate of drug-likeness (QED) is 0.876. The molecule has 90 valence electrons. The lowest BCUT2D eigenvalue weighted by molar-refractivity contribution is -0.138. The summed E-state index contributed by atoms with van der Waals surface area (Å²) in [6, 6.07) is 1.94. The summed E-state index contributed by atoms with van der Waals surface area (Å²) in [4.78, 5) is 14.2. The maximum Gasteiger partial charge on any atom is 0.305 e. The van der Waals surface area contributed by atoms with E-state index in [1.165, 1.54) is 0 Å². The molecule has 1 heterocycles. The van der Waals surface area contributed by atoms with Crippen LogP contribution < -0.4 is 0 Å². The minimum atomic E-state index is -0.753. The van der Waals surface area contributed by atoms with E-state index in [0.29, 0.717) is 0 Å². The molecule has 0 radical (unpaired) electrons. The molecule has 1 N–H and O–H groups in total. The Balaban J connectivity index is 2.95. The highest BCUT2D eigenvalue weighted by molar-refractivity contribution is 9.10. The second-order valence-corrected chi connectivity index (χ2v) is 5.27. The Morgan fingerprint density at radius 3 is 2.56 bits per heavy atom. The van der Waals surface area contributed by atoms with Crippen LogP contribution in [0, 0.1) is 0 Å². The number of rotatable bonds is 6. The molecule has 0 aliphatic heterocycles. The minimum Gasteiger partial charge on any atom is -0.481 e. The molecule has 5 heteroatoms. The molecule has 0 saturated carbocycles. The molecule has 0 bridgehead atoms. The zero-order valence-corrected chi connectivity index (χ0v) is 11.8. The predicted molar refractivity (Wildman–Crippen MR) is 69.9 cm³/mol. The van der Waals surface area contributed by atoms with Crippen molar-refractivity contribution in [1.82, 2.24) is 4.90 Å². The van der Waals surface area contributed by atoms with Gasteiger partial charge in [-0.2, -0.15) is 0 Å². The third-order valence-corrected chi connectivity index (χ3v) is 4.54. The normalized spacial score (nSPS) is 13.0. The molecular formula is C11H16BrNO2S. The van der Waals surface area contributed by atoms with Crippen LogP contribution in [0.5, 0.6) is 0 Å². The first-order valence-electron chi connectivity index (χ1n) is 5.28. The van der Waals surface area contributed by atoms with Crippen LogP contribution in [0.4, 0.5) is 0 Å². The van der Waals surface area contributed by atoms with Crippen molar-refractivity contribution in [2.24, 2.45) is 0 Å². The fourth-order valence-corrected chi connectivity index (χ4v) is 3.53. The lowest BCUT2D eigenvalue weighted by Crippen LogP contribution is -2.29. The Labute approximate surface area is 108 Å². The van der Waals surface area contributed by atoms with Gasteiger partial charge in [-0.05, 0) is 40.5 Å². The van der Waals surface area contributed by atoms with Gasteiger partial charge in [-0.15, -0.1) is 11.3 Å². The number of carbonyl (C=O) groups is 1. The zero-order chi connectivity index (χ0) is 12.1. The topological polar surface area (TPSA) is 40.5 Å². The summed E-state index contributed by atoms with van der Waals surface area (Å²) in [6.45, 7) is 5.83. The van der Waals surface area contributed by atoms with Gasteiger partial charge in [0.25, 0.3) is 0 Å². The van der Waals surface area contributed by atoms with E-state index in [-0.39, 0.29) is 12.5 Å². The van der Waals surface area contributed by atoms with Crippen molar-refractivity contribution in [3.63, 3.8) is 0 Å². The van der Waals surface area contributed by atoms with E-state index in [4.69, 9.17) is 5.11 Å². The lowest BCUT2D eigenvalue weighted by atomic mass is 10.1. The molecule has 0 amide bonds. The minimum absolute atomic E-state index is 0.0260. The number of aliphatic carboxylic acids is 1. The molecule has 16 heavy (non-hydrogen) atoms. The van der Waals surface area contributed by atoms with Gasteiger partial charge >= 0.3 is 5.97 Å². The fourth-order valence-electron chi connectivity index (χ4n) is 1.76. The number of thiophene rings is 1. The van der Waals surface area contributed by atoms with Crippen LogP contribution in [0.1, 0.15) is 31.2 Å².